The van der Waals surface area contributed by atoms with Crippen LogP contribution in [0, 0.1) is 21.4 Å². The Morgan fingerprint density at radius 2 is 1.89 bits per heavy atom. The number of nitro groups is 1. The standard InChI is InChI=1S/C21H21N3O4/c1-21(2,3)17-12-20(26)23-18-11-14(6-9-16(17)18)22-19(25)10-13-4-7-15(8-5-13)24(27)28/h4-9,11-12,16H,10H2,1-3H3,(H,23,26). The number of nitrogens with zero attached hydrogens (tertiary/aromatic N) is 2. The molecular weight excluding hydrogens is 358 g/mol. The summed E-state index contributed by atoms with van der Waals surface area (Å²) in [5.41, 5.74) is 2.65. The molecule has 1 aliphatic heterocycles. The van der Waals surface area contributed by atoms with Crippen LogP contribution >= 0.6 is 0 Å². The van der Waals surface area contributed by atoms with Gasteiger partial charge in [0.1, 0.15) is 0 Å². The molecule has 144 valence electrons. The molecule has 1 aromatic carbocycles. The summed E-state index contributed by atoms with van der Waals surface area (Å²) in [5, 5.41) is 13.5. The molecular formula is C21H21N3O4. The van der Waals surface area contributed by atoms with Gasteiger partial charge in [0.25, 0.3) is 11.6 Å². The highest BCUT2D eigenvalue weighted by atomic mass is 16.6. The van der Waals surface area contributed by atoms with Crippen molar-refractivity contribution in [2.75, 3.05) is 0 Å². The van der Waals surface area contributed by atoms with Crippen molar-refractivity contribution in [3.05, 3.63) is 75.5 Å². The summed E-state index contributed by atoms with van der Waals surface area (Å²) in [4.78, 5) is 38.6. The van der Waals surface area contributed by atoms with E-state index in [1.54, 1.807) is 30.4 Å². The van der Waals surface area contributed by atoms with Crippen LogP contribution in [0.4, 0.5) is 5.69 Å². The fourth-order valence-electron chi connectivity index (χ4n) is 3.24. The quantitative estimate of drug-likeness (QED) is 0.643. The highest BCUT2D eigenvalue weighted by Gasteiger charge is 2.32. The van der Waals surface area contributed by atoms with Gasteiger partial charge in [0.2, 0.25) is 5.91 Å². The molecule has 7 heteroatoms. The van der Waals surface area contributed by atoms with E-state index < -0.39 is 4.92 Å². The van der Waals surface area contributed by atoms with Crippen LogP contribution in [0.15, 0.2) is 64.8 Å². The third-order valence-corrected chi connectivity index (χ3v) is 4.61. The van der Waals surface area contributed by atoms with E-state index in [4.69, 9.17) is 0 Å². The largest absolute Gasteiger partial charge is 0.325 e. The molecule has 1 aliphatic carbocycles. The van der Waals surface area contributed by atoms with Gasteiger partial charge in [0.15, 0.2) is 0 Å². The van der Waals surface area contributed by atoms with Gasteiger partial charge in [-0.05, 0) is 28.7 Å². The first kappa shape index (κ1) is 19.4. The molecule has 0 aromatic heterocycles. The number of rotatable bonds is 3. The van der Waals surface area contributed by atoms with E-state index >= 15 is 0 Å². The molecule has 7 nitrogen and oxygen atoms in total. The SMILES string of the molecule is CC(C)(C)C1=CC(=O)NC2=CC(=NC(=O)Cc3ccc([N+](=O)[O-])cc3)C=CC21. The number of hydrogen-bond donors (Lipinski definition) is 1. The second kappa shape index (κ2) is 7.34. The Balaban J connectivity index is 1.76. The fourth-order valence-corrected chi connectivity index (χ4v) is 3.24. The zero-order valence-electron chi connectivity index (χ0n) is 15.9. The first-order valence-corrected chi connectivity index (χ1v) is 8.91. The first-order valence-electron chi connectivity index (χ1n) is 8.91. The number of amides is 2. The Kier molecular flexibility index (Phi) is 5.09. The van der Waals surface area contributed by atoms with Crippen LogP contribution in [0.25, 0.3) is 0 Å². The van der Waals surface area contributed by atoms with Crippen molar-refractivity contribution in [2.45, 2.75) is 27.2 Å². The molecule has 2 amide bonds. The lowest BCUT2D eigenvalue weighted by atomic mass is 9.74. The highest BCUT2D eigenvalue weighted by molar-refractivity contribution is 6.11. The summed E-state index contributed by atoms with van der Waals surface area (Å²) in [6.45, 7) is 6.17. The molecule has 1 N–H and O–H groups in total. The molecule has 2 aliphatic rings. The molecule has 28 heavy (non-hydrogen) atoms. The zero-order valence-corrected chi connectivity index (χ0v) is 15.9. The molecule has 1 unspecified atom stereocenters. The molecule has 0 bridgehead atoms. The number of non-ortho nitro benzene ring substituents is 1. The minimum Gasteiger partial charge on any atom is -0.325 e. The van der Waals surface area contributed by atoms with Gasteiger partial charge in [-0.1, -0.05) is 39.0 Å². The molecule has 0 spiro atoms. The van der Waals surface area contributed by atoms with E-state index in [0.717, 1.165) is 5.57 Å². The van der Waals surface area contributed by atoms with Gasteiger partial charge >= 0.3 is 0 Å². The lowest BCUT2D eigenvalue weighted by molar-refractivity contribution is -0.384. The Morgan fingerprint density at radius 3 is 2.50 bits per heavy atom. The highest BCUT2D eigenvalue weighted by Crippen LogP contribution is 2.38. The maximum Gasteiger partial charge on any atom is 0.269 e. The fraction of sp³-hybridized carbons (Fsp3) is 0.286. The third kappa shape index (κ3) is 4.31. The molecule has 0 radical (unpaired) electrons. The van der Waals surface area contributed by atoms with Crippen LogP contribution in [0.1, 0.15) is 26.3 Å². The number of carbonyl (C=O) groups excluding carboxylic acids is 2. The lowest BCUT2D eigenvalue weighted by Crippen LogP contribution is -2.36. The number of nitro benzene ring substituents is 1. The molecule has 1 atom stereocenters. The van der Waals surface area contributed by atoms with Gasteiger partial charge in [-0.15, -0.1) is 0 Å². The second-order valence-corrected chi connectivity index (χ2v) is 7.81. The van der Waals surface area contributed by atoms with E-state index in [0.29, 0.717) is 17.0 Å². The number of fused-ring (bicyclic) bond motifs is 1. The van der Waals surface area contributed by atoms with Crippen molar-refractivity contribution in [3.63, 3.8) is 0 Å². The average Bonchev–Trinajstić information content (AvgIpc) is 2.60. The van der Waals surface area contributed by atoms with Crippen LogP contribution in [-0.2, 0) is 16.0 Å². The van der Waals surface area contributed by atoms with E-state index in [-0.39, 0.29) is 35.3 Å². The number of aliphatic imine (C=N–C) groups is 1. The topological polar surface area (TPSA) is 102 Å². The Hall–Kier alpha value is -3.35. The molecule has 1 heterocycles. The van der Waals surface area contributed by atoms with Gasteiger partial charge in [-0.3, -0.25) is 19.7 Å². The maximum absolute atomic E-state index is 12.3. The Morgan fingerprint density at radius 1 is 1.21 bits per heavy atom. The average molecular weight is 379 g/mol. The lowest BCUT2D eigenvalue weighted by Gasteiger charge is -2.34. The summed E-state index contributed by atoms with van der Waals surface area (Å²) in [6.07, 6.45) is 7.10. The van der Waals surface area contributed by atoms with Crippen LogP contribution in [-0.4, -0.2) is 22.4 Å². The van der Waals surface area contributed by atoms with Gasteiger partial charge < -0.3 is 5.32 Å². The van der Waals surface area contributed by atoms with Crippen molar-refractivity contribution in [1.29, 1.82) is 0 Å². The van der Waals surface area contributed by atoms with Crippen molar-refractivity contribution >= 4 is 23.2 Å². The van der Waals surface area contributed by atoms with Crippen molar-refractivity contribution in [3.8, 4) is 0 Å². The van der Waals surface area contributed by atoms with Crippen molar-refractivity contribution in [2.24, 2.45) is 16.3 Å². The monoisotopic (exact) mass is 379 g/mol. The number of carbonyl (C=O) groups is 2. The predicted molar refractivity (Wildman–Crippen MR) is 106 cm³/mol. The summed E-state index contributed by atoms with van der Waals surface area (Å²) >= 11 is 0. The van der Waals surface area contributed by atoms with Gasteiger partial charge in [0.05, 0.1) is 17.1 Å². The summed E-state index contributed by atoms with van der Waals surface area (Å²) in [6, 6.07) is 5.81. The number of hydrogen-bond acceptors (Lipinski definition) is 4. The zero-order chi connectivity index (χ0) is 20.5. The number of allylic oxidation sites excluding steroid dienone is 3. The van der Waals surface area contributed by atoms with Gasteiger partial charge in [-0.25, -0.2) is 4.99 Å². The summed E-state index contributed by atoms with van der Waals surface area (Å²) in [7, 11) is 0. The molecule has 0 fully saturated rings. The van der Waals surface area contributed by atoms with Crippen LogP contribution in [0.2, 0.25) is 0 Å². The number of benzene rings is 1. The van der Waals surface area contributed by atoms with Crippen molar-refractivity contribution < 1.29 is 14.5 Å². The molecule has 3 rings (SSSR count). The van der Waals surface area contributed by atoms with Crippen LogP contribution in [0.3, 0.4) is 0 Å². The molecule has 0 saturated heterocycles. The first-order chi connectivity index (χ1) is 13.1. The smallest absolute Gasteiger partial charge is 0.269 e. The summed E-state index contributed by atoms with van der Waals surface area (Å²) in [5.74, 6) is -0.585. The van der Waals surface area contributed by atoms with Crippen molar-refractivity contribution in [1.82, 2.24) is 5.32 Å². The Bertz CT molecular complexity index is 960. The second-order valence-electron chi connectivity index (χ2n) is 7.81. The normalized spacial score (nSPS) is 20.2. The minimum atomic E-state index is -0.486. The van der Waals surface area contributed by atoms with E-state index in [2.05, 4.69) is 31.1 Å². The number of nitrogens with one attached hydrogen (secondary N) is 1. The molecule has 0 saturated carbocycles. The summed E-state index contributed by atoms with van der Waals surface area (Å²) < 4.78 is 0. The Labute approximate surface area is 162 Å². The van der Waals surface area contributed by atoms with E-state index in [1.165, 1.54) is 12.1 Å². The van der Waals surface area contributed by atoms with Crippen LogP contribution in [0.5, 0.6) is 0 Å². The van der Waals surface area contributed by atoms with Crippen LogP contribution < -0.4 is 5.32 Å². The van der Waals surface area contributed by atoms with Gasteiger partial charge in [-0.2, -0.15) is 0 Å². The molecule has 1 aromatic rings. The van der Waals surface area contributed by atoms with E-state index in [1.807, 2.05) is 6.08 Å². The van der Waals surface area contributed by atoms with Gasteiger partial charge in [0, 0.05) is 29.8 Å². The maximum atomic E-state index is 12.3. The minimum absolute atomic E-state index is 0.0238. The predicted octanol–water partition coefficient (Wildman–Crippen LogP) is 3.28. The van der Waals surface area contributed by atoms with E-state index in [9.17, 15) is 19.7 Å². The third-order valence-electron chi connectivity index (χ3n) is 4.61.